The Morgan fingerprint density at radius 1 is 0.640 bits per heavy atom. The molecule has 0 fully saturated rings. The lowest BCUT2D eigenvalue weighted by Gasteiger charge is -2.12. The number of benzene rings is 3. The highest BCUT2D eigenvalue weighted by molar-refractivity contribution is 5.57. The predicted molar refractivity (Wildman–Crippen MR) is 108 cm³/mol. The third-order valence-corrected chi connectivity index (χ3v) is 4.64. The molecule has 0 heterocycles. The Morgan fingerprint density at radius 3 is 1.88 bits per heavy atom. The van der Waals surface area contributed by atoms with E-state index in [9.17, 15) is 0 Å². The van der Waals surface area contributed by atoms with E-state index >= 15 is 0 Å². The van der Waals surface area contributed by atoms with E-state index in [4.69, 9.17) is 17.2 Å². The topological polar surface area (TPSA) is 78.1 Å². The zero-order valence-corrected chi connectivity index (χ0v) is 14.8. The molecule has 3 heteroatoms. The van der Waals surface area contributed by atoms with Crippen LogP contribution >= 0.6 is 0 Å². The van der Waals surface area contributed by atoms with Crippen molar-refractivity contribution in [1.29, 1.82) is 0 Å². The van der Waals surface area contributed by atoms with Gasteiger partial charge in [-0.25, -0.2) is 0 Å². The van der Waals surface area contributed by atoms with Gasteiger partial charge in [0.05, 0.1) is 0 Å². The number of anilines is 3. The smallest absolute Gasteiger partial charge is 0.0373 e. The van der Waals surface area contributed by atoms with Gasteiger partial charge in [0.25, 0.3) is 0 Å². The van der Waals surface area contributed by atoms with E-state index in [0.717, 1.165) is 46.6 Å². The normalized spacial score (nSPS) is 10.8. The number of rotatable bonds is 4. The Bertz CT molecular complexity index is 873. The second kappa shape index (κ2) is 6.89. The summed E-state index contributed by atoms with van der Waals surface area (Å²) in [6.45, 7) is 4.10. The summed E-state index contributed by atoms with van der Waals surface area (Å²) >= 11 is 0. The Labute approximate surface area is 149 Å². The van der Waals surface area contributed by atoms with Crippen molar-refractivity contribution in [2.24, 2.45) is 0 Å². The van der Waals surface area contributed by atoms with Crippen LogP contribution in [0.1, 0.15) is 33.4 Å². The van der Waals surface area contributed by atoms with Crippen molar-refractivity contribution < 1.29 is 0 Å². The molecule has 0 spiro atoms. The molecule has 0 aliphatic rings. The minimum atomic E-state index is 0.788. The van der Waals surface area contributed by atoms with Crippen molar-refractivity contribution >= 4 is 17.1 Å². The molecule has 25 heavy (non-hydrogen) atoms. The van der Waals surface area contributed by atoms with Gasteiger partial charge in [-0.2, -0.15) is 0 Å². The zero-order chi connectivity index (χ0) is 18.0. The molecular formula is C22H25N3. The van der Waals surface area contributed by atoms with E-state index < -0.39 is 0 Å². The van der Waals surface area contributed by atoms with Gasteiger partial charge in [0.15, 0.2) is 0 Å². The van der Waals surface area contributed by atoms with Crippen LogP contribution in [0.5, 0.6) is 0 Å². The highest BCUT2D eigenvalue weighted by Crippen LogP contribution is 2.24. The molecule has 0 bridgehead atoms. The summed E-state index contributed by atoms with van der Waals surface area (Å²) in [5, 5.41) is 0. The average Bonchev–Trinajstić information content (AvgIpc) is 2.58. The molecule has 0 atom stereocenters. The molecule has 0 amide bonds. The molecule has 6 N–H and O–H groups in total. The van der Waals surface area contributed by atoms with E-state index in [2.05, 4.69) is 36.4 Å². The quantitative estimate of drug-likeness (QED) is 0.626. The van der Waals surface area contributed by atoms with Crippen molar-refractivity contribution in [2.45, 2.75) is 26.7 Å². The highest BCUT2D eigenvalue weighted by atomic mass is 14.6. The van der Waals surface area contributed by atoms with Crippen LogP contribution in [-0.2, 0) is 12.8 Å². The van der Waals surface area contributed by atoms with Crippen LogP contribution in [0.25, 0.3) is 0 Å². The minimum absolute atomic E-state index is 0.788. The van der Waals surface area contributed by atoms with Gasteiger partial charge >= 0.3 is 0 Å². The molecule has 0 aromatic heterocycles. The Morgan fingerprint density at radius 2 is 1.24 bits per heavy atom. The van der Waals surface area contributed by atoms with E-state index in [1.54, 1.807) is 0 Å². The minimum Gasteiger partial charge on any atom is -0.399 e. The van der Waals surface area contributed by atoms with Crippen LogP contribution in [0.2, 0.25) is 0 Å². The molecule has 0 radical (unpaired) electrons. The monoisotopic (exact) mass is 331 g/mol. The van der Waals surface area contributed by atoms with E-state index in [-0.39, 0.29) is 0 Å². The number of hydrogen-bond acceptors (Lipinski definition) is 3. The summed E-state index contributed by atoms with van der Waals surface area (Å²) < 4.78 is 0. The van der Waals surface area contributed by atoms with E-state index in [0.29, 0.717) is 0 Å². The number of nitrogen functional groups attached to an aromatic ring is 3. The standard InChI is InChI=1S/C22H25N3/c1-14-9-18(10-15(2)22(14)25)13-19-12-17(5-8-21(19)24)11-16-3-6-20(23)7-4-16/h3-10,12H,11,13,23-25H2,1-2H3. The van der Waals surface area contributed by atoms with Crippen molar-refractivity contribution in [1.82, 2.24) is 0 Å². The van der Waals surface area contributed by atoms with Gasteiger partial charge in [-0.1, -0.05) is 36.4 Å². The Balaban J connectivity index is 1.85. The number of hydrogen-bond donors (Lipinski definition) is 3. The predicted octanol–water partition coefficient (Wildman–Crippen LogP) is 4.23. The molecule has 3 nitrogen and oxygen atoms in total. The Kier molecular flexibility index (Phi) is 4.66. The molecule has 0 aliphatic heterocycles. The summed E-state index contributed by atoms with van der Waals surface area (Å²) in [6, 6.07) is 18.6. The van der Waals surface area contributed by atoms with Gasteiger partial charge in [0.1, 0.15) is 0 Å². The van der Waals surface area contributed by atoms with Crippen molar-refractivity contribution in [3.8, 4) is 0 Å². The lowest BCUT2D eigenvalue weighted by molar-refractivity contribution is 1.13. The van der Waals surface area contributed by atoms with Crippen molar-refractivity contribution in [2.75, 3.05) is 17.2 Å². The SMILES string of the molecule is Cc1cc(Cc2cc(Cc3ccc(N)cc3)ccc2N)cc(C)c1N. The summed E-state index contributed by atoms with van der Waals surface area (Å²) in [7, 11) is 0. The first kappa shape index (κ1) is 16.9. The summed E-state index contributed by atoms with van der Waals surface area (Å²) in [5.74, 6) is 0. The van der Waals surface area contributed by atoms with Gasteiger partial charge in [-0.15, -0.1) is 0 Å². The first-order valence-electron chi connectivity index (χ1n) is 8.49. The third-order valence-electron chi connectivity index (χ3n) is 4.64. The van der Waals surface area contributed by atoms with Gasteiger partial charge in [-0.3, -0.25) is 0 Å². The van der Waals surface area contributed by atoms with Crippen molar-refractivity contribution in [3.05, 3.63) is 88.0 Å². The van der Waals surface area contributed by atoms with Crippen LogP contribution in [0.4, 0.5) is 17.1 Å². The number of nitrogens with two attached hydrogens (primary N) is 3. The second-order valence-electron chi connectivity index (χ2n) is 6.77. The van der Waals surface area contributed by atoms with E-state index in [1.807, 2.05) is 32.0 Å². The average molecular weight is 331 g/mol. The molecule has 3 aromatic carbocycles. The Hall–Kier alpha value is -2.94. The fraction of sp³-hybridized carbons (Fsp3) is 0.182. The molecule has 0 saturated heterocycles. The van der Waals surface area contributed by atoms with Crippen molar-refractivity contribution in [3.63, 3.8) is 0 Å². The maximum atomic E-state index is 6.22. The van der Waals surface area contributed by atoms with Gasteiger partial charge in [0, 0.05) is 17.1 Å². The maximum Gasteiger partial charge on any atom is 0.0373 e. The fourth-order valence-electron chi connectivity index (χ4n) is 3.18. The lowest BCUT2D eigenvalue weighted by atomic mass is 9.95. The van der Waals surface area contributed by atoms with Crippen LogP contribution in [0.15, 0.2) is 54.6 Å². The fourth-order valence-corrected chi connectivity index (χ4v) is 3.18. The first-order valence-corrected chi connectivity index (χ1v) is 8.49. The molecule has 0 unspecified atom stereocenters. The van der Waals surface area contributed by atoms with Gasteiger partial charge in [-0.05, 0) is 78.3 Å². The molecule has 3 rings (SSSR count). The number of aryl methyl sites for hydroxylation is 2. The van der Waals surface area contributed by atoms with Gasteiger partial charge in [0.2, 0.25) is 0 Å². The van der Waals surface area contributed by atoms with E-state index in [1.165, 1.54) is 16.7 Å². The summed E-state index contributed by atoms with van der Waals surface area (Å²) in [4.78, 5) is 0. The van der Waals surface area contributed by atoms with Gasteiger partial charge < -0.3 is 17.2 Å². The highest BCUT2D eigenvalue weighted by Gasteiger charge is 2.07. The maximum absolute atomic E-state index is 6.22. The van der Waals surface area contributed by atoms with Crippen LogP contribution in [0, 0.1) is 13.8 Å². The summed E-state index contributed by atoms with van der Waals surface area (Å²) in [5.41, 5.74) is 27.6. The molecular weight excluding hydrogens is 306 g/mol. The second-order valence-corrected chi connectivity index (χ2v) is 6.77. The molecule has 0 aliphatic carbocycles. The lowest BCUT2D eigenvalue weighted by Crippen LogP contribution is -2.01. The zero-order valence-electron chi connectivity index (χ0n) is 14.8. The summed E-state index contributed by atoms with van der Waals surface area (Å²) in [6.07, 6.45) is 1.68. The third kappa shape index (κ3) is 3.94. The van der Waals surface area contributed by atoms with Crippen LogP contribution < -0.4 is 17.2 Å². The van der Waals surface area contributed by atoms with Crippen LogP contribution in [0.3, 0.4) is 0 Å². The molecule has 3 aromatic rings. The molecule has 128 valence electrons. The first-order chi connectivity index (χ1) is 11.9. The largest absolute Gasteiger partial charge is 0.399 e. The molecule has 0 saturated carbocycles. The van der Waals surface area contributed by atoms with Crippen LogP contribution in [-0.4, -0.2) is 0 Å².